The fourth-order valence-electron chi connectivity index (χ4n) is 3.77. The van der Waals surface area contributed by atoms with Gasteiger partial charge in [-0.05, 0) is 60.9 Å². The zero-order valence-corrected chi connectivity index (χ0v) is 23.6. The molecule has 0 atom stereocenters. The van der Waals surface area contributed by atoms with Gasteiger partial charge in [0.1, 0.15) is 0 Å². The third-order valence-corrected chi connectivity index (χ3v) is 5.43. The normalized spacial score (nSPS) is 9.81. The van der Waals surface area contributed by atoms with E-state index in [1.54, 1.807) is 0 Å². The monoisotopic (exact) mass is 598 g/mol. The molecule has 0 spiro atoms. The van der Waals surface area contributed by atoms with E-state index in [2.05, 4.69) is 80.0 Å². The molecule has 177 valence electrons. The Kier molecular flexibility index (Phi) is 20.0. The first-order valence-corrected chi connectivity index (χ1v) is 11.1. The van der Waals surface area contributed by atoms with E-state index < -0.39 is 0 Å². The van der Waals surface area contributed by atoms with Crippen molar-refractivity contribution in [2.45, 2.75) is 59.8 Å². The summed E-state index contributed by atoms with van der Waals surface area (Å²) in [6.07, 6.45) is 5.45. The summed E-state index contributed by atoms with van der Waals surface area (Å²) in [4.78, 5) is 0. The van der Waals surface area contributed by atoms with E-state index in [1.807, 2.05) is 0 Å². The number of rotatable bonds is 13. The van der Waals surface area contributed by atoms with Crippen molar-refractivity contribution in [1.29, 1.82) is 0 Å². The van der Waals surface area contributed by atoms with Crippen LogP contribution in [0.25, 0.3) is 0 Å². The van der Waals surface area contributed by atoms with Crippen LogP contribution in [0.4, 0.5) is 11.4 Å². The molecule has 3 N–H and O–H groups in total. The molecule has 0 aromatic heterocycles. The van der Waals surface area contributed by atoms with Gasteiger partial charge in [-0.1, -0.05) is 64.1 Å². The minimum absolute atomic E-state index is 0. The van der Waals surface area contributed by atoms with Crippen LogP contribution in [0.2, 0.25) is 0 Å². The van der Waals surface area contributed by atoms with Crippen LogP contribution < -0.4 is 49.9 Å². The molecule has 2 aromatic carbocycles. The quantitative estimate of drug-likeness (QED) is 0.271. The number of halogens is 2. The van der Waals surface area contributed by atoms with Gasteiger partial charge < -0.3 is 49.9 Å². The molecule has 0 fully saturated rings. The molecular weight excluding hydrogens is 561 g/mol. The molecule has 0 aliphatic heterocycles. The van der Waals surface area contributed by atoms with E-state index in [0.29, 0.717) is 0 Å². The first kappa shape index (κ1) is 32.6. The van der Waals surface area contributed by atoms with Gasteiger partial charge in [0, 0.05) is 31.0 Å². The average molecular weight is 600 g/mol. The maximum Gasteiger partial charge on any atom is 2.00 e. The molecule has 0 aliphatic carbocycles. The zero-order valence-electron chi connectivity index (χ0n) is 19.4. The van der Waals surface area contributed by atoms with E-state index in [1.165, 1.54) is 33.6 Å². The Labute approximate surface area is 221 Å². The van der Waals surface area contributed by atoms with E-state index in [-0.39, 0.29) is 50.7 Å². The molecule has 2 aromatic rings. The Bertz CT molecular complexity index is 620. The van der Waals surface area contributed by atoms with Crippen molar-refractivity contribution in [3.63, 3.8) is 0 Å². The van der Waals surface area contributed by atoms with Crippen LogP contribution in [0.15, 0.2) is 36.4 Å². The number of benzene rings is 2. The molecule has 3 nitrogen and oxygen atoms in total. The van der Waals surface area contributed by atoms with Crippen LogP contribution >= 0.6 is 0 Å². The first-order valence-electron chi connectivity index (χ1n) is 11.1. The van der Waals surface area contributed by atoms with E-state index in [9.17, 15) is 0 Å². The zero-order chi connectivity index (χ0) is 20.2. The fraction of sp³-hybridized carbons (Fsp3) is 0.520. The molecule has 6 heteroatoms. The Morgan fingerprint density at radius 3 is 1.32 bits per heavy atom. The smallest absolute Gasteiger partial charge is 1.00 e. The molecule has 0 unspecified atom stereocenters. The van der Waals surface area contributed by atoms with Crippen molar-refractivity contribution in [2.24, 2.45) is 0 Å². The number of para-hydroxylation sites is 2. The Morgan fingerprint density at radius 2 is 0.935 bits per heavy atom. The van der Waals surface area contributed by atoms with Crippen molar-refractivity contribution < 1.29 is 50.7 Å². The number of hydrogen-bond acceptors (Lipinski definition) is 3. The second kappa shape index (κ2) is 19.0. The standard InChI is InChI=1S/C25H39N3.2BrH.Co/c1-5-20-12-9-13-21(6-2)24(20)27-17-11-16-26-18-19-28-25-22(7-3)14-10-15-23(25)8-4;;;/h9-10,12-15,26-28H,5-8,11,16-19H2,1-4H3;2*1H;/q;;;+2/p-2. The molecule has 0 bridgehead atoms. The van der Waals surface area contributed by atoms with Gasteiger partial charge in [-0.2, -0.15) is 0 Å². The van der Waals surface area contributed by atoms with E-state index in [0.717, 1.165) is 58.3 Å². The molecule has 0 heterocycles. The summed E-state index contributed by atoms with van der Waals surface area (Å²) >= 11 is 0. The van der Waals surface area contributed by atoms with Crippen molar-refractivity contribution in [1.82, 2.24) is 5.32 Å². The Balaban J connectivity index is 0. The predicted molar refractivity (Wildman–Crippen MR) is 125 cm³/mol. The van der Waals surface area contributed by atoms with Gasteiger partial charge >= 0.3 is 16.8 Å². The third-order valence-electron chi connectivity index (χ3n) is 5.43. The second-order valence-electron chi connectivity index (χ2n) is 7.27. The SMILES string of the molecule is CCc1cccc(CC)c1NCCCNCCNc1c(CC)cccc1CC.[Br-].[Br-].[Co+2]. The van der Waals surface area contributed by atoms with Gasteiger partial charge in [0.25, 0.3) is 0 Å². The maximum absolute atomic E-state index is 3.67. The molecule has 0 saturated carbocycles. The van der Waals surface area contributed by atoms with Crippen LogP contribution in [0.3, 0.4) is 0 Å². The fourth-order valence-corrected chi connectivity index (χ4v) is 3.77. The summed E-state index contributed by atoms with van der Waals surface area (Å²) in [5.74, 6) is 0. The summed E-state index contributed by atoms with van der Waals surface area (Å²) in [7, 11) is 0. The molecule has 2 rings (SSSR count). The molecule has 0 saturated heterocycles. The van der Waals surface area contributed by atoms with Crippen molar-refractivity contribution in [2.75, 3.05) is 36.8 Å². The largest absolute Gasteiger partial charge is 2.00 e. The number of nitrogens with one attached hydrogen (secondary N) is 3. The maximum atomic E-state index is 3.67. The number of aryl methyl sites for hydroxylation is 4. The van der Waals surface area contributed by atoms with Crippen LogP contribution in [0.1, 0.15) is 56.4 Å². The molecule has 31 heavy (non-hydrogen) atoms. The minimum atomic E-state index is 0. The first-order chi connectivity index (χ1) is 13.7. The van der Waals surface area contributed by atoms with Gasteiger partial charge in [0.2, 0.25) is 0 Å². The Morgan fingerprint density at radius 1 is 0.548 bits per heavy atom. The molecule has 0 aliphatic rings. The van der Waals surface area contributed by atoms with E-state index >= 15 is 0 Å². The van der Waals surface area contributed by atoms with Crippen LogP contribution in [-0.2, 0) is 42.5 Å². The molecule has 0 amide bonds. The van der Waals surface area contributed by atoms with Gasteiger partial charge in [-0.3, -0.25) is 0 Å². The number of hydrogen-bond donors (Lipinski definition) is 3. The summed E-state index contributed by atoms with van der Waals surface area (Å²) in [5, 5.41) is 10.9. The van der Waals surface area contributed by atoms with Gasteiger partial charge in [0.15, 0.2) is 0 Å². The third kappa shape index (κ3) is 10.3. The van der Waals surface area contributed by atoms with Crippen molar-refractivity contribution in [3.8, 4) is 0 Å². The average Bonchev–Trinajstić information content (AvgIpc) is 2.75. The summed E-state index contributed by atoms with van der Waals surface area (Å²) in [6, 6.07) is 13.3. The molecule has 1 radical (unpaired) electrons. The summed E-state index contributed by atoms with van der Waals surface area (Å²) in [6.45, 7) is 12.9. The minimum Gasteiger partial charge on any atom is -1.00 e. The van der Waals surface area contributed by atoms with Crippen molar-refractivity contribution >= 4 is 11.4 Å². The predicted octanol–water partition coefficient (Wildman–Crippen LogP) is -0.555. The summed E-state index contributed by atoms with van der Waals surface area (Å²) < 4.78 is 0. The van der Waals surface area contributed by atoms with E-state index in [4.69, 9.17) is 0 Å². The van der Waals surface area contributed by atoms with Crippen LogP contribution in [0, 0.1) is 0 Å². The van der Waals surface area contributed by atoms with Crippen LogP contribution in [-0.4, -0.2) is 26.2 Å². The topological polar surface area (TPSA) is 36.1 Å². The van der Waals surface area contributed by atoms with Crippen LogP contribution in [0.5, 0.6) is 0 Å². The summed E-state index contributed by atoms with van der Waals surface area (Å²) in [5.41, 5.74) is 8.40. The van der Waals surface area contributed by atoms with Crippen molar-refractivity contribution in [3.05, 3.63) is 58.7 Å². The van der Waals surface area contributed by atoms with Gasteiger partial charge in [0.05, 0.1) is 0 Å². The van der Waals surface area contributed by atoms with Gasteiger partial charge in [-0.25, -0.2) is 0 Å². The second-order valence-corrected chi connectivity index (χ2v) is 7.27. The number of anilines is 2. The van der Waals surface area contributed by atoms with Gasteiger partial charge in [-0.15, -0.1) is 0 Å². The molecular formula is C25H39Br2CoN3. The Hall–Kier alpha value is -0.534.